The Morgan fingerprint density at radius 1 is 0.277 bits per heavy atom. The van der Waals surface area contributed by atoms with Crippen molar-refractivity contribution in [2.24, 2.45) is 0 Å². The molecule has 11 aromatic carbocycles. The SMILES string of the molecule is C[Si]1(C)c2cc(N(c3ccccc3)c3ccccc3)ccc2-c2cc3c4ccccc4c(N(c4ccc(-c5ccccc5)cc4)c4ccc(-c5ccccc5)cc4)cc3c3cccc1c23. The van der Waals surface area contributed by atoms with Gasteiger partial charge in [0.25, 0.3) is 0 Å². The zero-order valence-corrected chi connectivity index (χ0v) is 37.5. The summed E-state index contributed by atoms with van der Waals surface area (Å²) in [5.41, 5.74) is 14.4. The summed E-state index contributed by atoms with van der Waals surface area (Å²) < 4.78 is 0. The van der Waals surface area contributed by atoms with E-state index in [1.165, 1.54) is 81.8 Å². The first-order valence-corrected chi connectivity index (χ1v) is 25.6. The molecule has 0 aromatic heterocycles. The molecule has 1 aliphatic heterocycles. The summed E-state index contributed by atoms with van der Waals surface area (Å²) in [6, 6.07) is 89.3. The molecular formula is C62H46N2Si. The second-order valence-corrected chi connectivity index (χ2v) is 22.0. The average Bonchev–Trinajstić information content (AvgIpc) is 3.37. The topological polar surface area (TPSA) is 6.48 Å². The number of rotatable bonds is 8. The number of para-hydroxylation sites is 2. The molecule has 0 bridgehead atoms. The molecule has 65 heavy (non-hydrogen) atoms. The van der Waals surface area contributed by atoms with Crippen LogP contribution in [-0.2, 0) is 0 Å². The summed E-state index contributed by atoms with van der Waals surface area (Å²) in [4.78, 5) is 4.86. The van der Waals surface area contributed by atoms with Gasteiger partial charge in [0.2, 0.25) is 0 Å². The van der Waals surface area contributed by atoms with Crippen LogP contribution in [0.4, 0.5) is 34.1 Å². The molecule has 0 radical (unpaired) electrons. The number of nitrogens with zero attached hydrogens (tertiary/aromatic N) is 2. The van der Waals surface area contributed by atoms with Crippen LogP contribution in [0.3, 0.4) is 0 Å². The van der Waals surface area contributed by atoms with E-state index in [1.807, 2.05) is 0 Å². The van der Waals surface area contributed by atoms with Gasteiger partial charge in [-0.05, 0) is 143 Å². The molecule has 0 atom stereocenters. The van der Waals surface area contributed by atoms with E-state index in [2.05, 4.69) is 266 Å². The quantitative estimate of drug-likeness (QED) is 0.111. The van der Waals surface area contributed by atoms with Gasteiger partial charge in [0.1, 0.15) is 8.07 Å². The summed E-state index contributed by atoms with van der Waals surface area (Å²) in [5.74, 6) is 0. The van der Waals surface area contributed by atoms with Crippen molar-refractivity contribution in [2.45, 2.75) is 13.1 Å². The van der Waals surface area contributed by atoms with Gasteiger partial charge in [-0.15, -0.1) is 0 Å². The van der Waals surface area contributed by atoms with Crippen molar-refractivity contribution in [3.05, 3.63) is 243 Å². The lowest BCUT2D eigenvalue weighted by atomic mass is 9.89. The summed E-state index contributed by atoms with van der Waals surface area (Å²) in [6.45, 7) is 5.08. The van der Waals surface area contributed by atoms with Gasteiger partial charge >= 0.3 is 0 Å². The summed E-state index contributed by atoms with van der Waals surface area (Å²) in [5, 5.41) is 10.7. The number of anilines is 6. The van der Waals surface area contributed by atoms with E-state index in [1.54, 1.807) is 0 Å². The van der Waals surface area contributed by atoms with Gasteiger partial charge in [-0.3, -0.25) is 0 Å². The third-order valence-electron chi connectivity index (χ3n) is 13.6. The normalized spacial score (nSPS) is 12.6. The number of hydrogen-bond acceptors (Lipinski definition) is 2. The fourth-order valence-electron chi connectivity index (χ4n) is 10.4. The van der Waals surface area contributed by atoms with Crippen LogP contribution in [0.1, 0.15) is 0 Å². The Bertz CT molecular complexity index is 3410. The van der Waals surface area contributed by atoms with Gasteiger partial charge in [-0.2, -0.15) is 0 Å². The van der Waals surface area contributed by atoms with Gasteiger partial charge in [0.15, 0.2) is 0 Å². The minimum atomic E-state index is -2.23. The van der Waals surface area contributed by atoms with Crippen molar-refractivity contribution < 1.29 is 0 Å². The van der Waals surface area contributed by atoms with Crippen LogP contribution in [0, 0.1) is 0 Å². The lowest BCUT2D eigenvalue weighted by Gasteiger charge is -2.36. The van der Waals surface area contributed by atoms with Crippen molar-refractivity contribution in [3.8, 4) is 33.4 Å². The fraction of sp³-hybridized carbons (Fsp3) is 0.0323. The van der Waals surface area contributed by atoms with Crippen LogP contribution in [0.2, 0.25) is 13.1 Å². The lowest BCUT2D eigenvalue weighted by Crippen LogP contribution is -2.56. The molecular weight excluding hydrogens is 801 g/mol. The van der Waals surface area contributed by atoms with E-state index >= 15 is 0 Å². The fourth-order valence-corrected chi connectivity index (χ4v) is 13.5. The summed E-state index contributed by atoms with van der Waals surface area (Å²) in [7, 11) is -2.23. The first-order chi connectivity index (χ1) is 32.0. The molecule has 308 valence electrons. The number of benzene rings is 11. The zero-order chi connectivity index (χ0) is 43.5. The Labute approximate surface area is 382 Å². The molecule has 0 N–H and O–H groups in total. The van der Waals surface area contributed by atoms with E-state index in [4.69, 9.17) is 0 Å². The highest BCUT2D eigenvalue weighted by molar-refractivity contribution is 7.03. The molecule has 12 rings (SSSR count). The molecule has 0 saturated heterocycles. The molecule has 0 saturated carbocycles. The van der Waals surface area contributed by atoms with Gasteiger partial charge < -0.3 is 9.80 Å². The highest BCUT2D eigenvalue weighted by Gasteiger charge is 2.37. The number of fused-ring (bicyclic) bond motifs is 6. The first kappa shape index (κ1) is 38.7. The van der Waals surface area contributed by atoms with E-state index in [0.717, 1.165) is 28.4 Å². The summed E-state index contributed by atoms with van der Waals surface area (Å²) in [6.07, 6.45) is 0. The third kappa shape index (κ3) is 6.55. The zero-order valence-electron chi connectivity index (χ0n) is 36.5. The highest BCUT2D eigenvalue weighted by Crippen LogP contribution is 2.47. The van der Waals surface area contributed by atoms with E-state index < -0.39 is 8.07 Å². The summed E-state index contributed by atoms with van der Waals surface area (Å²) >= 11 is 0. The van der Waals surface area contributed by atoms with Gasteiger partial charge in [-0.25, -0.2) is 0 Å². The molecule has 0 spiro atoms. The van der Waals surface area contributed by atoms with Crippen LogP contribution >= 0.6 is 0 Å². The maximum atomic E-state index is 2.54. The largest absolute Gasteiger partial charge is 0.311 e. The van der Waals surface area contributed by atoms with Gasteiger partial charge in [-0.1, -0.05) is 183 Å². The maximum Gasteiger partial charge on any atom is 0.113 e. The van der Waals surface area contributed by atoms with Crippen LogP contribution < -0.4 is 20.2 Å². The van der Waals surface area contributed by atoms with Gasteiger partial charge in [0, 0.05) is 33.8 Å². The smallest absolute Gasteiger partial charge is 0.113 e. The molecule has 0 aliphatic carbocycles. The van der Waals surface area contributed by atoms with Crippen LogP contribution in [0.5, 0.6) is 0 Å². The number of hydrogen-bond donors (Lipinski definition) is 0. The molecule has 3 heteroatoms. The predicted octanol–water partition coefficient (Wildman–Crippen LogP) is 16.2. The van der Waals surface area contributed by atoms with Crippen molar-refractivity contribution in [1.29, 1.82) is 0 Å². The van der Waals surface area contributed by atoms with Crippen molar-refractivity contribution in [3.63, 3.8) is 0 Å². The Balaban J connectivity index is 1.07. The molecule has 11 aromatic rings. The molecule has 0 amide bonds. The van der Waals surface area contributed by atoms with Crippen LogP contribution in [0.15, 0.2) is 243 Å². The van der Waals surface area contributed by atoms with Crippen LogP contribution in [0.25, 0.3) is 65.7 Å². The Morgan fingerprint density at radius 2 is 0.723 bits per heavy atom. The minimum Gasteiger partial charge on any atom is -0.311 e. The monoisotopic (exact) mass is 846 g/mol. The minimum absolute atomic E-state index is 1.11. The predicted molar refractivity (Wildman–Crippen MR) is 281 cm³/mol. The highest BCUT2D eigenvalue weighted by atomic mass is 28.3. The second-order valence-electron chi connectivity index (χ2n) is 17.7. The van der Waals surface area contributed by atoms with Gasteiger partial charge in [0.05, 0.1) is 5.69 Å². The molecule has 1 heterocycles. The van der Waals surface area contributed by atoms with Crippen molar-refractivity contribution >= 4 is 84.9 Å². The third-order valence-corrected chi connectivity index (χ3v) is 17.1. The molecule has 0 unspecified atom stereocenters. The molecule has 2 nitrogen and oxygen atoms in total. The van der Waals surface area contributed by atoms with Crippen LogP contribution in [-0.4, -0.2) is 8.07 Å². The Hall–Kier alpha value is -7.98. The molecule has 0 fully saturated rings. The second kappa shape index (κ2) is 15.7. The standard InChI is InChI=1S/C62H46N2Si/c1-65(2)60-29-17-28-55-57-42-59(64(49-34-30-45(31-35-49)43-18-7-3-8-19-43)50-36-32-46(33-37-50)44-20-9-4-10-21-44)53-27-16-15-26-52(53)56(57)41-58(62(55)60)54-39-38-51(40-61(54)65)63(47-22-11-5-12-23-47)48-24-13-6-14-25-48/h3-42H,1-2H3. The van der Waals surface area contributed by atoms with E-state index in [0.29, 0.717) is 0 Å². The van der Waals surface area contributed by atoms with Crippen molar-refractivity contribution in [1.82, 2.24) is 0 Å². The Morgan fingerprint density at radius 3 is 1.29 bits per heavy atom. The Kier molecular flexibility index (Phi) is 9.32. The van der Waals surface area contributed by atoms with E-state index in [9.17, 15) is 0 Å². The van der Waals surface area contributed by atoms with E-state index in [-0.39, 0.29) is 0 Å². The first-order valence-electron chi connectivity index (χ1n) is 22.6. The average molecular weight is 847 g/mol. The lowest BCUT2D eigenvalue weighted by molar-refractivity contribution is 1.29. The maximum absolute atomic E-state index is 2.54. The van der Waals surface area contributed by atoms with Crippen molar-refractivity contribution in [2.75, 3.05) is 9.80 Å². The molecule has 1 aliphatic rings.